The molecule has 1 unspecified atom stereocenters. The Morgan fingerprint density at radius 3 is 2.58 bits per heavy atom. The van der Waals surface area contributed by atoms with Gasteiger partial charge < -0.3 is 14.7 Å². The summed E-state index contributed by atoms with van der Waals surface area (Å²) in [5.74, 6) is 2.38. The largest absolute Gasteiger partial charge is 0.380 e. The maximum atomic E-state index is 12.3. The van der Waals surface area contributed by atoms with E-state index in [0.717, 1.165) is 77.0 Å². The molecular formula is C29H38ClN5O2Si. The third kappa shape index (κ3) is 4.81. The van der Waals surface area contributed by atoms with Crippen LogP contribution in [-0.2, 0) is 23.5 Å². The Morgan fingerprint density at radius 2 is 1.84 bits per heavy atom. The van der Waals surface area contributed by atoms with E-state index in [-0.39, 0.29) is 5.28 Å². The number of fused-ring (bicyclic) bond motifs is 5. The number of hydrogen-bond donors (Lipinski definition) is 1. The number of nitrogens with zero attached hydrogens (tertiary/aromatic N) is 5. The zero-order chi connectivity index (χ0) is 26.7. The van der Waals surface area contributed by atoms with Gasteiger partial charge in [-0.05, 0) is 61.2 Å². The van der Waals surface area contributed by atoms with Crippen LogP contribution in [0.5, 0.6) is 0 Å². The van der Waals surface area contributed by atoms with Gasteiger partial charge in [0.25, 0.3) is 0 Å². The van der Waals surface area contributed by atoms with Gasteiger partial charge in [-0.2, -0.15) is 5.10 Å². The average Bonchev–Trinajstić information content (AvgIpc) is 3.51. The molecule has 38 heavy (non-hydrogen) atoms. The highest BCUT2D eigenvalue weighted by molar-refractivity contribution is 6.76. The number of aromatic nitrogens is 4. The van der Waals surface area contributed by atoms with Crippen LogP contribution in [0.15, 0.2) is 30.5 Å². The molecular weight excluding hydrogens is 514 g/mol. The molecule has 2 aliphatic carbocycles. The second-order valence-corrected chi connectivity index (χ2v) is 18.7. The van der Waals surface area contributed by atoms with E-state index < -0.39 is 13.7 Å². The number of rotatable bonds is 8. The van der Waals surface area contributed by atoms with Crippen molar-refractivity contribution in [3.63, 3.8) is 0 Å². The lowest BCUT2D eigenvalue weighted by atomic mass is 9.86. The maximum absolute atomic E-state index is 12.3. The Bertz CT molecular complexity index is 1340. The minimum atomic E-state index is -1.26. The molecule has 0 radical (unpaired) electrons. The predicted molar refractivity (Wildman–Crippen MR) is 153 cm³/mol. The lowest BCUT2D eigenvalue weighted by Gasteiger charge is -2.34. The predicted octanol–water partition coefficient (Wildman–Crippen LogP) is 5.64. The van der Waals surface area contributed by atoms with E-state index in [2.05, 4.69) is 41.4 Å². The quantitative estimate of drug-likeness (QED) is 0.222. The molecule has 2 fully saturated rings. The van der Waals surface area contributed by atoms with Crippen LogP contribution in [0.1, 0.15) is 41.6 Å². The van der Waals surface area contributed by atoms with Crippen molar-refractivity contribution in [3.05, 3.63) is 58.1 Å². The van der Waals surface area contributed by atoms with Crippen molar-refractivity contribution in [2.75, 3.05) is 24.6 Å². The third-order valence-corrected chi connectivity index (χ3v) is 10.5. The monoisotopic (exact) mass is 551 g/mol. The van der Waals surface area contributed by atoms with E-state index in [1.807, 2.05) is 35.1 Å². The highest BCUT2D eigenvalue weighted by Gasteiger charge is 2.45. The summed E-state index contributed by atoms with van der Waals surface area (Å²) in [6.07, 6.45) is 6.17. The Balaban J connectivity index is 1.31. The van der Waals surface area contributed by atoms with Gasteiger partial charge in [0.05, 0.1) is 11.4 Å². The molecule has 2 bridgehead atoms. The maximum Gasteiger partial charge on any atom is 0.224 e. The van der Waals surface area contributed by atoms with Gasteiger partial charge in [-0.25, -0.2) is 14.6 Å². The summed E-state index contributed by atoms with van der Waals surface area (Å²) in [7, 11) is -1.16. The summed E-state index contributed by atoms with van der Waals surface area (Å²) in [6.45, 7) is 12.2. The number of piperidine rings is 1. The fraction of sp³-hybridized carbons (Fsp3) is 0.552. The van der Waals surface area contributed by atoms with Crippen LogP contribution in [0.4, 0.5) is 5.82 Å². The number of anilines is 1. The molecule has 9 heteroatoms. The zero-order valence-corrected chi connectivity index (χ0v) is 24.6. The van der Waals surface area contributed by atoms with Gasteiger partial charge in [0.15, 0.2) is 0 Å². The summed E-state index contributed by atoms with van der Waals surface area (Å²) in [5, 5.41) is 17.4. The van der Waals surface area contributed by atoms with Crippen LogP contribution in [-0.4, -0.2) is 52.6 Å². The van der Waals surface area contributed by atoms with E-state index >= 15 is 0 Å². The first-order valence-corrected chi connectivity index (χ1v) is 17.9. The van der Waals surface area contributed by atoms with Gasteiger partial charge >= 0.3 is 0 Å². The van der Waals surface area contributed by atoms with Crippen molar-refractivity contribution in [1.29, 1.82) is 0 Å². The molecule has 0 spiro atoms. The lowest BCUT2D eigenvalue weighted by Crippen LogP contribution is -2.38. The van der Waals surface area contributed by atoms with Crippen molar-refractivity contribution in [3.8, 4) is 11.3 Å². The van der Waals surface area contributed by atoms with E-state index in [1.54, 1.807) is 0 Å². The van der Waals surface area contributed by atoms with Gasteiger partial charge in [0, 0.05) is 57.1 Å². The first kappa shape index (κ1) is 26.0. The summed E-state index contributed by atoms with van der Waals surface area (Å²) >= 11 is 6.51. The minimum Gasteiger partial charge on any atom is -0.380 e. The van der Waals surface area contributed by atoms with E-state index in [9.17, 15) is 5.11 Å². The van der Waals surface area contributed by atoms with Crippen molar-refractivity contribution in [2.45, 2.75) is 70.6 Å². The molecule has 0 amide bonds. The minimum absolute atomic E-state index is 0.236. The number of ether oxygens (including phenoxy) is 1. The number of benzene rings is 1. The molecule has 1 saturated carbocycles. The Morgan fingerprint density at radius 1 is 1.11 bits per heavy atom. The van der Waals surface area contributed by atoms with Crippen LogP contribution >= 0.6 is 11.6 Å². The molecule has 3 atom stereocenters. The molecule has 3 heterocycles. The summed E-state index contributed by atoms with van der Waals surface area (Å²) in [5.41, 5.74) is 3.93. The topological polar surface area (TPSA) is 76.3 Å². The second kappa shape index (κ2) is 9.73. The molecule has 3 aromatic rings. The van der Waals surface area contributed by atoms with E-state index in [1.165, 1.54) is 19.3 Å². The Hall–Kier alpha value is -2.26. The number of aliphatic hydroxyl groups is 1. The van der Waals surface area contributed by atoms with Crippen LogP contribution in [0.25, 0.3) is 11.3 Å². The van der Waals surface area contributed by atoms with Crippen molar-refractivity contribution in [2.24, 2.45) is 11.8 Å². The summed E-state index contributed by atoms with van der Waals surface area (Å²) in [4.78, 5) is 11.7. The van der Waals surface area contributed by atoms with Gasteiger partial charge in [0.1, 0.15) is 18.1 Å². The second-order valence-electron chi connectivity index (χ2n) is 12.7. The van der Waals surface area contributed by atoms with E-state index in [0.29, 0.717) is 13.2 Å². The molecule has 3 aliphatic rings. The normalized spacial score (nSPS) is 24.1. The van der Waals surface area contributed by atoms with Crippen LogP contribution in [0, 0.1) is 18.8 Å². The van der Waals surface area contributed by atoms with Crippen molar-refractivity contribution < 1.29 is 9.84 Å². The fourth-order valence-corrected chi connectivity index (χ4v) is 7.47. The van der Waals surface area contributed by atoms with Crippen molar-refractivity contribution in [1.82, 2.24) is 19.7 Å². The molecule has 1 aromatic carbocycles. The first-order chi connectivity index (χ1) is 18.1. The molecule has 2 aromatic heterocycles. The SMILES string of the molecule is Cc1c(CC2(O)c3ccccc3-c3nn(COCC[Si](C)(C)C)cc32)nc(Cl)nc1N1C[C@@H]2CC[C@@H](C2)C1. The van der Waals surface area contributed by atoms with Gasteiger partial charge in [-0.3, -0.25) is 0 Å². The fourth-order valence-electron chi connectivity index (χ4n) is 6.54. The Labute approximate surface area is 231 Å². The molecule has 1 saturated heterocycles. The van der Waals surface area contributed by atoms with E-state index in [4.69, 9.17) is 21.4 Å². The van der Waals surface area contributed by atoms with Crippen molar-refractivity contribution >= 4 is 25.5 Å². The standard InChI is InChI=1S/C29H38ClN5O2Si/c1-19-25(31-28(30)32-27(19)34-15-20-9-10-21(13-20)16-34)14-29(36)23-8-6-5-7-22(23)26-24(29)17-35(33-26)18-37-11-12-38(2,3)4/h5-8,17,20-21,36H,9-16,18H2,1-4H3/t20-,21+,29?. The van der Waals surface area contributed by atoms with Gasteiger partial charge in [-0.1, -0.05) is 43.9 Å². The molecule has 1 aliphatic heterocycles. The molecule has 1 N–H and O–H groups in total. The molecule has 6 rings (SSSR count). The molecule has 7 nitrogen and oxygen atoms in total. The smallest absolute Gasteiger partial charge is 0.224 e. The summed E-state index contributed by atoms with van der Waals surface area (Å²) in [6, 6.07) is 9.10. The van der Waals surface area contributed by atoms with Gasteiger partial charge in [-0.15, -0.1) is 0 Å². The zero-order valence-electron chi connectivity index (χ0n) is 22.9. The Kier molecular flexibility index (Phi) is 6.66. The van der Waals surface area contributed by atoms with Crippen LogP contribution in [0.3, 0.4) is 0 Å². The third-order valence-electron chi connectivity index (χ3n) is 8.58. The lowest BCUT2D eigenvalue weighted by molar-refractivity contribution is 0.0741. The van der Waals surface area contributed by atoms with Gasteiger partial charge in [0.2, 0.25) is 5.28 Å². The number of halogens is 1. The summed E-state index contributed by atoms with van der Waals surface area (Å²) < 4.78 is 7.77. The van der Waals surface area contributed by atoms with Crippen LogP contribution < -0.4 is 4.90 Å². The highest BCUT2D eigenvalue weighted by Crippen LogP contribution is 2.49. The highest BCUT2D eigenvalue weighted by atomic mass is 35.5. The number of hydrogen-bond acceptors (Lipinski definition) is 6. The molecule has 202 valence electrons. The average molecular weight is 552 g/mol. The first-order valence-electron chi connectivity index (χ1n) is 13.9. The van der Waals surface area contributed by atoms with Crippen LogP contribution in [0.2, 0.25) is 31.0 Å².